The molecular formula is C23H24N2O2. The van der Waals surface area contributed by atoms with Gasteiger partial charge in [0.15, 0.2) is 0 Å². The van der Waals surface area contributed by atoms with E-state index in [4.69, 9.17) is 4.74 Å². The van der Waals surface area contributed by atoms with Gasteiger partial charge in [0.25, 0.3) is 0 Å². The van der Waals surface area contributed by atoms with Crippen molar-refractivity contribution in [3.8, 4) is 11.5 Å². The number of amides is 1. The van der Waals surface area contributed by atoms with Gasteiger partial charge in [-0.3, -0.25) is 4.79 Å². The summed E-state index contributed by atoms with van der Waals surface area (Å²) in [5.74, 6) is 1.71. The summed E-state index contributed by atoms with van der Waals surface area (Å²) in [4.78, 5) is 14.0. The Morgan fingerprint density at radius 2 is 1.44 bits per heavy atom. The van der Waals surface area contributed by atoms with Crippen molar-refractivity contribution in [2.24, 2.45) is 0 Å². The molecule has 4 heteroatoms. The van der Waals surface area contributed by atoms with Gasteiger partial charge in [0.1, 0.15) is 11.5 Å². The monoisotopic (exact) mass is 360 g/mol. The van der Waals surface area contributed by atoms with Crippen LogP contribution in [0, 0.1) is 0 Å². The number of ether oxygens (including phenoxy) is 1. The number of anilines is 1. The summed E-state index contributed by atoms with van der Waals surface area (Å²) in [5.41, 5.74) is 2.10. The highest BCUT2D eigenvalue weighted by molar-refractivity contribution is 5.76. The lowest BCUT2D eigenvalue weighted by Crippen LogP contribution is -2.27. The van der Waals surface area contributed by atoms with Crippen LogP contribution in [0.1, 0.15) is 12.0 Å². The zero-order chi connectivity index (χ0) is 18.9. The summed E-state index contributed by atoms with van der Waals surface area (Å²) >= 11 is 0. The first-order valence-electron chi connectivity index (χ1n) is 9.05. The van der Waals surface area contributed by atoms with E-state index in [9.17, 15) is 4.79 Å². The highest BCUT2D eigenvalue weighted by atomic mass is 16.5. The molecular weight excluding hydrogens is 336 g/mol. The minimum atomic E-state index is 0.121. The third-order valence-electron chi connectivity index (χ3n) is 4.19. The van der Waals surface area contributed by atoms with Gasteiger partial charge in [-0.2, -0.15) is 0 Å². The Hall–Kier alpha value is -3.27. The molecule has 0 fully saturated rings. The van der Waals surface area contributed by atoms with E-state index in [0.717, 1.165) is 22.7 Å². The van der Waals surface area contributed by atoms with Crippen molar-refractivity contribution in [2.45, 2.75) is 13.0 Å². The molecule has 0 unspecified atom stereocenters. The van der Waals surface area contributed by atoms with Crippen molar-refractivity contribution in [3.05, 3.63) is 90.5 Å². The Morgan fingerprint density at radius 1 is 0.852 bits per heavy atom. The molecule has 0 radical (unpaired) electrons. The maximum absolute atomic E-state index is 12.3. The lowest BCUT2D eigenvalue weighted by Gasteiger charge is -2.17. The fourth-order valence-corrected chi connectivity index (χ4v) is 2.72. The molecule has 1 amide bonds. The maximum Gasteiger partial charge on any atom is 0.224 e. The second-order valence-electron chi connectivity index (χ2n) is 6.35. The summed E-state index contributed by atoms with van der Waals surface area (Å²) in [7, 11) is 1.84. The first-order chi connectivity index (χ1) is 13.2. The first-order valence-corrected chi connectivity index (χ1v) is 9.05. The molecule has 0 aliphatic rings. The number of benzene rings is 3. The van der Waals surface area contributed by atoms with Crippen molar-refractivity contribution in [1.82, 2.24) is 4.90 Å². The minimum Gasteiger partial charge on any atom is -0.457 e. The molecule has 3 aromatic carbocycles. The zero-order valence-corrected chi connectivity index (χ0v) is 15.5. The number of para-hydroxylation sites is 1. The summed E-state index contributed by atoms with van der Waals surface area (Å²) < 4.78 is 5.78. The van der Waals surface area contributed by atoms with Gasteiger partial charge in [-0.15, -0.1) is 0 Å². The fraction of sp³-hybridized carbons (Fsp3) is 0.174. The highest BCUT2D eigenvalue weighted by Crippen LogP contribution is 2.22. The molecule has 0 bridgehead atoms. The molecule has 0 saturated heterocycles. The molecule has 0 heterocycles. The van der Waals surface area contributed by atoms with Crippen LogP contribution in [0.2, 0.25) is 0 Å². The number of rotatable bonds is 8. The van der Waals surface area contributed by atoms with Crippen LogP contribution in [0.3, 0.4) is 0 Å². The van der Waals surface area contributed by atoms with E-state index in [2.05, 4.69) is 5.32 Å². The standard InChI is InChI=1S/C23H24N2O2/c1-25(18-19-8-4-2-5-9-19)23(26)16-17-24-20-12-14-22(15-13-20)27-21-10-6-3-7-11-21/h2-15,24H,16-18H2,1H3. The average molecular weight is 360 g/mol. The lowest BCUT2D eigenvalue weighted by molar-refractivity contribution is -0.130. The molecule has 27 heavy (non-hydrogen) atoms. The van der Waals surface area contributed by atoms with E-state index in [1.807, 2.05) is 92.0 Å². The molecule has 1 N–H and O–H groups in total. The minimum absolute atomic E-state index is 0.121. The Bertz CT molecular complexity index is 833. The molecule has 4 nitrogen and oxygen atoms in total. The van der Waals surface area contributed by atoms with Crippen LogP contribution in [-0.4, -0.2) is 24.4 Å². The number of nitrogens with one attached hydrogen (secondary N) is 1. The summed E-state index contributed by atoms with van der Waals surface area (Å²) in [5, 5.41) is 3.28. The van der Waals surface area contributed by atoms with Crippen molar-refractivity contribution in [1.29, 1.82) is 0 Å². The van der Waals surface area contributed by atoms with E-state index >= 15 is 0 Å². The van der Waals surface area contributed by atoms with Gasteiger partial charge in [0.05, 0.1) is 0 Å². The predicted octanol–water partition coefficient (Wildman–Crippen LogP) is 4.94. The smallest absolute Gasteiger partial charge is 0.224 e. The van der Waals surface area contributed by atoms with Crippen molar-refractivity contribution >= 4 is 11.6 Å². The van der Waals surface area contributed by atoms with Crippen molar-refractivity contribution in [2.75, 3.05) is 18.9 Å². The SMILES string of the molecule is CN(Cc1ccccc1)C(=O)CCNc1ccc(Oc2ccccc2)cc1. The van der Waals surface area contributed by atoms with Crippen LogP contribution >= 0.6 is 0 Å². The normalized spacial score (nSPS) is 10.3. The number of carbonyl (C=O) groups excluding carboxylic acids is 1. The Morgan fingerprint density at radius 3 is 2.11 bits per heavy atom. The molecule has 0 aromatic heterocycles. The van der Waals surface area contributed by atoms with Crippen LogP contribution < -0.4 is 10.1 Å². The predicted molar refractivity (Wildman–Crippen MR) is 109 cm³/mol. The van der Waals surface area contributed by atoms with E-state index < -0.39 is 0 Å². The quantitative estimate of drug-likeness (QED) is 0.619. The second-order valence-corrected chi connectivity index (χ2v) is 6.35. The van der Waals surface area contributed by atoms with Crippen LogP contribution in [-0.2, 0) is 11.3 Å². The Balaban J connectivity index is 1.42. The zero-order valence-electron chi connectivity index (χ0n) is 15.5. The van der Waals surface area contributed by atoms with Gasteiger partial charge >= 0.3 is 0 Å². The van der Waals surface area contributed by atoms with Crippen LogP contribution in [0.25, 0.3) is 0 Å². The molecule has 0 aliphatic heterocycles. The van der Waals surface area contributed by atoms with Gasteiger partial charge in [-0.1, -0.05) is 48.5 Å². The van der Waals surface area contributed by atoms with Gasteiger partial charge in [-0.05, 0) is 42.0 Å². The van der Waals surface area contributed by atoms with Crippen LogP contribution in [0.5, 0.6) is 11.5 Å². The largest absolute Gasteiger partial charge is 0.457 e. The van der Waals surface area contributed by atoms with Crippen LogP contribution in [0.15, 0.2) is 84.9 Å². The molecule has 3 aromatic rings. The molecule has 3 rings (SSSR count). The summed E-state index contributed by atoms with van der Waals surface area (Å²) in [6.45, 7) is 1.22. The Kier molecular flexibility index (Phi) is 6.47. The third kappa shape index (κ3) is 5.89. The van der Waals surface area contributed by atoms with Crippen molar-refractivity contribution in [3.63, 3.8) is 0 Å². The molecule has 0 aliphatic carbocycles. The molecule has 0 saturated carbocycles. The van der Waals surface area contributed by atoms with Gasteiger partial charge < -0.3 is 15.0 Å². The highest BCUT2D eigenvalue weighted by Gasteiger charge is 2.08. The molecule has 0 spiro atoms. The molecule has 0 atom stereocenters. The fourth-order valence-electron chi connectivity index (χ4n) is 2.72. The number of hydrogen-bond donors (Lipinski definition) is 1. The van der Waals surface area contributed by atoms with Gasteiger partial charge in [0, 0.05) is 32.2 Å². The molecule has 138 valence electrons. The number of hydrogen-bond acceptors (Lipinski definition) is 3. The third-order valence-corrected chi connectivity index (χ3v) is 4.19. The summed E-state index contributed by atoms with van der Waals surface area (Å²) in [6.07, 6.45) is 0.450. The lowest BCUT2D eigenvalue weighted by atomic mass is 10.2. The van der Waals surface area contributed by atoms with Gasteiger partial charge in [0.2, 0.25) is 5.91 Å². The second kappa shape index (κ2) is 9.43. The van der Waals surface area contributed by atoms with E-state index in [1.54, 1.807) is 4.90 Å². The van der Waals surface area contributed by atoms with E-state index in [0.29, 0.717) is 19.5 Å². The van der Waals surface area contributed by atoms with E-state index in [-0.39, 0.29) is 5.91 Å². The van der Waals surface area contributed by atoms with Gasteiger partial charge in [-0.25, -0.2) is 0 Å². The maximum atomic E-state index is 12.3. The number of nitrogens with zero attached hydrogens (tertiary/aromatic N) is 1. The Labute approximate surface area is 160 Å². The topological polar surface area (TPSA) is 41.6 Å². The number of carbonyl (C=O) groups is 1. The average Bonchev–Trinajstić information content (AvgIpc) is 2.71. The van der Waals surface area contributed by atoms with Crippen molar-refractivity contribution < 1.29 is 9.53 Å². The van der Waals surface area contributed by atoms with E-state index in [1.165, 1.54) is 0 Å². The first kappa shape index (κ1) is 18.5. The van der Waals surface area contributed by atoms with Crippen LogP contribution in [0.4, 0.5) is 5.69 Å². The summed E-state index contributed by atoms with van der Waals surface area (Å²) in [6, 6.07) is 27.4.